The lowest BCUT2D eigenvalue weighted by Crippen LogP contribution is -2.29. The molecule has 1 heterocycles. The van der Waals surface area contributed by atoms with Gasteiger partial charge in [0.15, 0.2) is 6.10 Å². The highest BCUT2D eigenvalue weighted by atomic mass is 19.1. The smallest absolute Gasteiger partial charge is 0.308 e. The molecule has 0 aliphatic heterocycles. The maximum Gasteiger partial charge on any atom is 0.308 e. The van der Waals surface area contributed by atoms with Crippen LogP contribution >= 0.6 is 0 Å². The molecule has 3 aromatic carbocycles. The van der Waals surface area contributed by atoms with E-state index >= 15 is 0 Å². The van der Waals surface area contributed by atoms with Gasteiger partial charge >= 0.3 is 5.97 Å². The number of hydrogen-bond acceptors (Lipinski definition) is 12. The van der Waals surface area contributed by atoms with Gasteiger partial charge in [-0.2, -0.15) is 0 Å². The van der Waals surface area contributed by atoms with E-state index in [0.29, 0.717) is 46.6 Å². The normalized spacial score (nSPS) is 12.7. The number of ether oxygens (including phenoxy) is 2. The number of hydrogen-bond donors (Lipinski definition) is 3. The van der Waals surface area contributed by atoms with E-state index in [1.54, 1.807) is 24.3 Å². The number of nitrogens with zero attached hydrogens (tertiary/aromatic N) is 3. The first kappa shape index (κ1) is 43.8. The van der Waals surface area contributed by atoms with Crippen LogP contribution in [0, 0.1) is 26.0 Å². The zero-order chi connectivity index (χ0) is 41.3. The third kappa shape index (κ3) is 13.7. The van der Waals surface area contributed by atoms with Crippen molar-refractivity contribution in [3.63, 3.8) is 0 Å². The first-order valence-corrected chi connectivity index (χ1v) is 18.5. The van der Waals surface area contributed by atoms with Crippen molar-refractivity contribution in [2.45, 2.75) is 76.7 Å². The number of unbranched alkanes of at least 4 members (excludes halogenated alkanes) is 1. The van der Waals surface area contributed by atoms with E-state index in [9.17, 15) is 44.4 Å². The Morgan fingerprint density at radius 2 is 1.49 bits per heavy atom. The molecular weight excluding hydrogens is 747 g/mol. The van der Waals surface area contributed by atoms with Crippen molar-refractivity contribution in [2.24, 2.45) is 0 Å². The lowest BCUT2D eigenvalue weighted by atomic mass is 9.94. The zero-order valence-corrected chi connectivity index (χ0v) is 31.7. The number of para-hydroxylation sites is 1. The van der Waals surface area contributed by atoms with Crippen molar-refractivity contribution in [2.75, 3.05) is 31.7 Å². The van der Waals surface area contributed by atoms with E-state index in [4.69, 9.17) is 9.47 Å². The molecule has 3 N–H and O–H groups in total. The van der Waals surface area contributed by atoms with Gasteiger partial charge in [0, 0.05) is 30.1 Å². The molecule has 0 aliphatic rings. The summed E-state index contributed by atoms with van der Waals surface area (Å²) in [6.45, 7) is 3.23. The summed E-state index contributed by atoms with van der Waals surface area (Å²) in [6.07, 6.45) is -3.17. The summed E-state index contributed by atoms with van der Waals surface area (Å²) in [7, 11) is 0. The highest BCUT2D eigenvalue weighted by molar-refractivity contribution is 6.12. The molecule has 1 unspecified atom stereocenters. The number of halogens is 1. The topological polar surface area (TPSA) is 215 Å². The number of anilines is 1. The Bertz CT molecular complexity index is 1910. The molecule has 0 fully saturated rings. The Hall–Kier alpha value is -5.91. The Balaban J connectivity index is 1.41. The van der Waals surface area contributed by atoms with Crippen molar-refractivity contribution in [3.8, 4) is 22.4 Å². The van der Waals surface area contributed by atoms with Crippen molar-refractivity contribution in [1.82, 2.24) is 4.57 Å². The van der Waals surface area contributed by atoms with E-state index in [2.05, 4.69) is 15.0 Å². The predicted molar refractivity (Wildman–Crippen MR) is 205 cm³/mol. The third-order valence-corrected chi connectivity index (χ3v) is 8.77. The van der Waals surface area contributed by atoms with E-state index < -0.39 is 46.9 Å². The second kappa shape index (κ2) is 22.0. The van der Waals surface area contributed by atoms with E-state index in [1.807, 2.05) is 66.9 Å². The van der Waals surface area contributed by atoms with Crippen LogP contribution in [-0.4, -0.2) is 81.6 Å². The maximum atomic E-state index is 14.2. The number of esters is 1. The fourth-order valence-electron chi connectivity index (χ4n) is 6.33. The van der Waals surface area contributed by atoms with Crippen LogP contribution in [0.15, 0.2) is 84.9 Å². The van der Waals surface area contributed by atoms with Crippen LogP contribution in [-0.2, 0) is 30.5 Å². The average Bonchev–Trinajstić information content (AvgIpc) is 3.52. The summed E-state index contributed by atoms with van der Waals surface area (Å²) >= 11 is 0. The van der Waals surface area contributed by atoms with Gasteiger partial charge in [-0.15, -0.1) is 20.2 Å². The maximum absolute atomic E-state index is 14.2. The molecule has 16 nitrogen and oxygen atoms in total. The van der Waals surface area contributed by atoms with Crippen LogP contribution < -0.4 is 5.32 Å². The summed E-state index contributed by atoms with van der Waals surface area (Å²) in [4.78, 5) is 55.9. The van der Waals surface area contributed by atoms with Gasteiger partial charge in [-0.3, -0.25) is 9.59 Å². The SMILES string of the molecule is CC(C)c1c(C(=O)Nc2ccccc2)c(-c2ccccc2)c(-c2ccc(F)cc2)n1CC[C@@H](O)C[C@@H](O)CC(=O)OCCCCOCC(CO[N+](=O)[O-])O[N+](=O)[O-]. The summed E-state index contributed by atoms with van der Waals surface area (Å²) in [5, 5.41) is 43.5. The monoisotopic (exact) mass is 794 g/mol. The number of nitrogens with one attached hydrogen (secondary N) is 1. The molecule has 1 aromatic heterocycles. The van der Waals surface area contributed by atoms with Crippen molar-refractivity contribution >= 4 is 17.6 Å². The lowest BCUT2D eigenvalue weighted by molar-refractivity contribution is -0.790. The van der Waals surface area contributed by atoms with Gasteiger partial charge in [0.25, 0.3) is 16.1 Å². The third-order valence-electron chi connectivity index (χ3n) is 8.77. The minimum Gasteiger partial charge on any atom is -0.466 e. The largest absolute Gasteiger partial charge is 0.466 e. The molecular formula is C40H47FN4O12. The van der Waals surface area contributed by atoms with Gasteiger partial charge in [0.1, 0.15) is 12.4 Å². The lowest BCUT2D eigenvalue weighted by Gasteiger charge is -2.20. The number of aromatic nitrogens is 1. The minimum absolute atomic E-state index is 0.00156. The fourth-order valence-corrected chi connectivity index (χ4v) is 6.33. The summed E-state index contributed by atoms with van der Waals surface area (Å²) in [5.41, 5.74) is 4.51. The predicted octanol–water partition coefficient (Wildman–Crippen LogP) is 6.35. The van der Waals surface area contributed by atoms with E-state index in [0.717, 1.165) is 5.56 Å². The molecule has 0 saturated carbocycles. The number of carbonyl (C=O) groups excluding carboxylic acids is 2. The van der Waals surface area contributed by atoms with Gasteiger partial charge in [-0.25, -0.2) is 4.39 Å². The van der Waals surface area contributed by atoms with Gasteiger partial charge in [-0.1, -0.05) is 62.4 Å². The molecule has 0 spiro atoms. The Labute approximate surface area is 328 Å². The molecule has 0 saturated heterocycles. The van der Waals surface area contributed by atoms with E-state index in [1.165, 1.54) is 12.1 Å². The highest BCUT2D eigenvalue weighted by Gasteiger charge is 2.31. The van der Waals surface area contributed by atoms with Gasteiger partial charge in [0.2, 0.25) is 0 Å². The first-order chi connectivity index (χ1) is 27.3. The second-order valence-corrected chi connectivity index (χ2v) is 13.5. The molecule has 0 aliphatic carbocycles. The number of amides is 1. The van der Waals surface area contributed by atoms with Gasteiger partial charge < -0.3 is 39.2 Å². The average molecular weight is 795 g/mol. The standard InChI is InChI=1S/C40H47FN4O12/c1-27(2)38-37(40(49)42-31-13-7-4-8-14-31)36(28-11-5-3-6-12-28)39(29-15-17-30(41)18-16-29)43(38)20-19-32(46)23-33(47)24-35(48)55-22-10-9-21-54-25-34(57-45(52)53)26-56-44(50)51/h3-8,11-18,27,32-34,46-47H,9-10,19-26H2,1-2H3,(H,42,49)/t32-,33-,34?/m1/s1. The molecule has 1 amide bonds. The Morgan fingerprint density at radius 1 is 0.842 bits per heavy atom. The van der Waals surface area contributed by atoms with Crippen molar-refractivity contribution < 1.29 is 53.5 Å². The van der Waals surface area contributed by atoms with Crippen LogP contribution in [0.2, 0.25) is 0 Å². The Kier molecular flexibility index (Phi) is 16.9. The van der Waals surface area contributed by atoms with Crippen LogP contribution in [0.1, 0.15) is 67.9 Å². The molecule has 4 rings (SSSR count). The molecule has 57 heavy (non-hydrogen) atoms. The van der Waals surface area contributed by atoms with Crippen molar-refractivity contribution in [1.29, 1.82) is 0 Å². The molecule has 3 atom stereocenters. The molecule has 4 aromatic rings. The van der Waals surface area contributed by atoms with Crippen molar-refractivity contribution in [3.05, 3.63) is 122 Å². The number of benzene rings is 3. The summed E-state index contributed by atoms with van der Waals surface area (Å²) < 4.78 is 26.6. The van der Waals surface area contributed by atoms with Gasteiger partial charge in [-0.05, 0) is 79.1 Å². The summed E-state index contributed by atoms with van der Waals surface area (Å²) in [5.74, 6) is -1.60. The number of aliphatic hydroxyl groups excluding tert-OH is 2. The second-order valence-electron chi connectivity index (χ2n) is 13.5. The molecule has 0 radical (unpaired) electrons. The van der Waals surface area contributed by atoms with Crippen LogP contribution in [0.4, 0.5) is 10.1 Å². The summed E-state index contributed by atoms with van der Waals surface area (Å²) in [6, 6.07) is 24.5. The van der Waals surface area contributed by atoms with Crippen LogP contribution in [0.5, 0.6) is 0 Å². The number of carbonyl (C=O) groups is 2. The van der Waals surface area contributed by atoms with Gasteiger partial charge in [0.05, 0.1) is 43.1 Å². The quantitative estimate of drug-likeness (QED) is 0.0306. The Morgan fingerprint density at radius 3 is 2.12 bits per heavy atom. The van der Waals surface area contributed by atoms with E-state index in [-0.39, 0.29) is 57.5 Å². The number of rotatable bonds is 24. The van der Waals surface area contributed by atoms with Crippen LogP contribution in [0.25, 0.3) is 22.4 Å². The van der Waals surface area contributed by atoms with Crippen LogP contribution in [0.3, 0.4) is 0 Å². The molecule has 0 bridgehead atoms. The minimum atomic E-state index is -1.30. The highest BCUT2D eigenvalue weighted by Crippen LogP contribution is 2.42. The zero-order valence-electron chi connectivity index (χ0n) is 31.7. The molecule has 306 valence electrons. The number of aliphatic hydroxyl groups is 2. The fraction of sp³-hybridized carbons (Fsp3) is 0.400. The first-order valence-electron chi connectivity index (χ1n) is 18.5. The molecule has 17 heteroatoms.